The predicted molar refractivity (Wildman–Crippen MR) is 274 cm³/mol. The van der Waals surface area contributed by atoms with Crippen LogP contribution in [-0.2, 0) is 61.9 Å². The summed E-state index contributed by atoms with van der Waals surface area (Å²) in [6, 6.07) is 13.1. The lowest BCUT2D eigenvalue weighted by molar-refractivity contribution is -0.697. The van der Waals surface area contributed by atoms with E-state index < -0.39 is 81.9 Å². The van der Waals surface area contributed by atoms with Gasteiger partial charge in [0.25, 0.3) is 50.6 Å². The lowest BCUT2D eigenvalue weighted by Crippen LogP contribution is -2.32. The van der Waals surface area contributed by atoms with E-state index in [2.05, 4.69) is 0 Å². The largest absolute Gasteiger partial charge is 0.481 e. The number of benzene rings is 4. The van der Waals surface area contributed by atoms with Crippen LogP contribution in [0.3, 0.4) is 0 Å². The fourth-order valence-corrected chi connectivity index (χ4v) is 11.5. The number of carboxylic acid groups (broad SMARTS) is 1. The van der Waals surface area contributed by atoms with Gasteiger partial charge in [0.1, 0.15) is 22.9 Å². The Kier molecular flexibility index (Phi) is 18.5. The van der Waals surface area contributed by atoms with Crippen LogP contribution >= 0.6 is 0 Å². The number of carbonyl (C=O) groups is 1. The highest BCUT2D eigenvalue weighted by molar-refractivity contribution is 7.87. The number of pyridine rings is 1. The van der Waals surface area contributed by atoms with E-state index in [9.17, 15) is 69.6 Å². The molecule has 1 aromatic heterocycles. The molecule has 0 aliphatic heterocycles. The van der Waals surface area contributed by atoms with Gasteiger partial charge in [-0.1, -0.05) is 19.1 Å². The zero-order valence-electron chi connectivity index (χ0n) is 40.4. The van der Waals surface area contributed by atoms with Crippen molar-refractivity contribution in [3.8, 4) is 0 Å². The van der Waals surface area contributed by atoms with Crippen molar-refractivity contribution in [3.63, 3.8) is 0 Å². The molecule has 394 valence electrons. The minimum Gasteiger partial charge on any atom is -0.481 e. The average Bonchev–Trinajstić information content (AvgIpc) is 3.28. The number of aromatic nitrogens is 1. The molecule has 0 aliphatic rings. The number of hydrogen-bond donors (Lipinski definition) is 6. The van der Waals surface area contributed by atoms with Gasteiger partial charge in [-0.2, -0.15) is 46.7 Å². The number of aliphatic carboxylic acids is 1. The van der Waals surface area contributed by atoms with E-state index in [-0.39, 0.29) is 46.5 Å². The fraction of sp³-hybridized carbons (Fsp3) is 0.312. The van der Waals surface area contributed by atoms with Crippen LogP contribution in [0.15, 0.2) is 123 Å². The van der Waals surface area contributed by atoms with Gasteiger partial charge in [-0.15, -0.1) is 0 Å². The molecule has 0 bridgehead atoms. The van der Waals surface area contributed by atoms with Crippen LogP contribution in [0.1, 0.15) is 76.0 Å². The van der Waals surface area contributed by atoms with Gasteiger partial charge in [0.2, 0.25) is 5.69 Å². The molecule has 5 aromatic rings. The summed E-state index contributed by atoms with van der Waals surface area (Å²) in [5, 5.41) is 9.12. The Hall–Kier alpha value is -5.74. The van der Waals surface area contributed by atoms with E-state index in [4.69, 9.17) is 5.11 Å². The molecule has 0 unspecified atom stereocenters. The van der Waals surface area contributed by atoms with Crippen molar-refractivity contribution in [2.75, 3.05) is 23.7 Å². The number of rotatable bonds is 23. The fourth-order valence-electron chi connectivity index (χ4n) is 8.32. The van der Waals surface area contributed by atoms with Crippen LogP contribution in [0.5, 0.6) is 0 Å². The maximum atomic E-state index is 12.4. The van der Waals surface area contributed by atoms with Crippen molar-refractivity contribution in [2.24, 2.45) is 0 Å². The molecular weight excluding hydrogens is 1050 g/mol. The molecule has 4 aromatic carbocycles. The number of carboxylic acids is 1. The lowest BCUT2D eigenvalue weighted by atomic mass is 10.0. The van der Waals surface area contributed by atoms with Gasteiger partial charge in [-0.05, 0) is 116 Å². The van der Waals surface area contributed by atoms with Crippen LogP contribution in [0.2, 0.25) is 0 Å². The van der Waals surface area contributed by atoms with Crippen molar-refractivity contribution >= 4 is 101 Å². The van der Waals surface area contributed by atoms with Crippen LogP contribution in [0.25, 0.3) is 27.1 Å². The van der Waals surface area contributed by atoms with E-state index in [1.165, 1.54) is 25.1 Å². The maximum Gasteiger partial charge on any atom is 0.303 e. The van der Waals surface area contributed by atoms with Crippen LogP contribution in [0, 0.1) is 13.8 Å². The van der Waals surface area contributed by atoms with Crippen molar-refractivity contribution in [1.82, 2.24) is 0 Å². The summed E-state index contributed by atoms with van der Waals surface area (Å²) in [6.45, 7) is 9.60. The molecule has 0 saturated heterocycles. The first-order valence-electron chi connectivity index (χ1n) is 22.5. The summed E-state index contributed by atoms with van der Waals surface area (Å²) < 4.78 is 176. The third-order valence-electron chi connectivity index (χ3n) is 12.0. The molecule has 0 atom stereocenters. The van der Waals surface area contributed by atoms with Crippen LogP contribution in [0.4, 0.5) is 11.4 Å². The Morgan fingerprint density at radius 1 is 0.644 bits per heavy atom. The molecule has 0 spiro atoms. The second-order valence-corrected chi connectivity index (χ2v) is 24.4. The van der Waals surface area contributed by atoms with Crippen molar-refractivity contribution in [3.05, 3.63) is 120 Å². The zero-order chi connectivity index (χ0) is 54.4. The molecule has 25 heteroatoms. The molecule has 73 heavy (non-hydrogen) atoms. The Balaban J connectivity index is 1.71. The lowest BCUT2D eigenvalue weighted by Gasteiger charge is -2.28. The summed E-state index contributed by atoms with van der Waals surface area (Å²) in [4.78, 5) is 9.87. The standard InChI is InChI=1S/C48H55N3O17S5/c1-6-22-50(44-18-16-40-42(34(44)4)28-38(70(57,58)59)30-46(40)72(63,64)65)32(2)12-14-36(37-20-25-49(26-21-37)23-9-7-8-11-48(52)53)15-13-33(3)51(24-10-27-69(54,55)56)45-19-17-41-43(35(45)5)29-39(71(60,61)62)31-47(41)73(66,67)68/h12-21,25-26,28-31H,6-11,22-24,27H2,1-5H3,(H4-2,52,53,54,55,56,57,58,59,60,61,62,63,64,65,66,67,68)/p+2. The first-order chi connectivity index (χ1) is 33.8. The predicted octanol–water partition coefficient (Wildman–Crippen LogP) is 7.37. The Morgan fingerprint density at radius 3 is 1.70 bits per heavy atom. The van der Waals surface area contributed by atoms with E-state index in [0.717, 1.165) is 18.6 Å². The number of aryl methyl sites for hydroxylation is 3. The SMILES string of the molecule is CCCN(/C(C)=C/C=C(/C=C/C(C)=[N+](\CCCS(=O)(=O)O)c1ccc2c(S(=O)(=O)O)cc(S(=O)(=O)O)cc2c1C)c1cc[n+](CCCCCC(=O)O)cc1)c1ccc2c(S(=O)(=O)O)cc(S(=O)(=O)O)cc2c1C. The van der Waals surface area contributed by atoms with Crippen LogP contribution < -0.4 is 9.47 Å². The van der Waals surface area contributed by atoms with Crippen molar-refractivity contribution in [2.45, 2.75) is 99.3 Å². The minimum atomic E-state index is -5.02. The van der Waals surface area contributed by atoms with Gasteiger partial charge in [0, 0.05) is 84.7 Å². The summed E-state index contributed by atoms with van der Waals surface area (Å²) in [5.41, 5.74) is 4.08. The number of unbranched alkanes of at least 4 members (excludes halogenated alkanes) is 2. The molecule has 0 saturated carbocycles. The topological polar surface area (TPSA) is 319 Å². The Labute approximate surface area is 425 Å². The van der Waals surface area contributed by atoms with E-state index in [1.807, 2.05) is 60.0 Å². The molecule has 0 amide bonds. The van der Waals surface area contributed by atoms with Gasteiger partial charge in [0.15, 0.2) is 18.1 Å². The minimum absolute atomic E-state index is 0.0198. The summed E-state index contributed by atoms with van der Waals surface area (Å²) >= 11 is 0. The number of hydrogen-bond acceptors (Lipinski definition) is 12. The first-order valence-corrected chi connectivity index (χ1v) is 29.8. The van der Waals surface area contributed by atoms with Gasteiger partial charge in [-0.25, -0.2) is 4.57 Å². The molecule has 1 heterocycles. The smallest absolute Gasteiger partial charge is 0.303 e. The van der Waals surface area contributed by atoms with E-state index in [1.54, 1.807) is 36.6 Å². The number of anilines is 1. The quantitative estimate of drug-likeness (QED) is 0.0122. The van der Waals surface area contributed by atoms with Crippen LogP contribution in [-0.4, -0.2) is 105 Å². The number of nitrogens with zero attached hydrogens (tertiary/aromatic N) is 3. The third-order valence-corrected chi connectivity index (χ3v) is 16.2. The summed E-state index contributed by atoms with van der Waals surface area (Å²) in [6.07, 6.45) is 13.3. The normalized spacial score (nSPS) is 13.8. The average molecular weight is 1110 g/mol. The molecule has 20 nitrogen and oxygen atoms in total. The van der Waals surface area contributed by atoms with Crippen molar-refractivity contribution in [1.29, 1.82) is 0 Å². The molecule has 0 radical (unpaired) electrons. The summed E-state index contributed by atoms with van der Waals surface area (Å²) in [5.74, 6) is -1.51. The Bertz CT molecular complexity index is 3680. The highest BCUT2D eigenvalue weighted by Crippen LogP contribution is 2.37. The highest BCUT2D eigenvalue weighted by Gasteiger charge is 2.27. The Morgan fingerprint density at radius 2 is 1.19 bits per heavy atom. The monoisotopic (exact) mass is 1110 g/mol. The first kappa shape index (κ1) is 58.2. The number of allylic oxidation sites excluding steroid dienone is 6. The van der Waals surface area contributed by atoms with Crippen molar-refractivity contribution < 1.29 is 83.9 Å². The van der Waals surface area contributed by atoms with Gasteiger partial charge >= 0.3 is 5.97 Å². The maximum absolute atomic E-state index is 12.4. The molecular formula is C48H57N3O17S5+2. The number of fused-ring (bicyclic) bond motifs is 2. The molecule has 0 aliphatic carbocycles. The van der Waals surface area contributed by atoms with Gasteiger partial charge < -0.3 is 10.0 Å². The van der Waals surface area contributed by atoms with Gasteiger partial charge in [0.05, 0.1) is 15.5 Å². The third kappa shape index (κ3) is 15.2. The zero-order valence-corrected chi connectivity index (χ0v) is 44.4. The molecule has 5 rings (SSSR count). The second kappa shape index (κ2) is 23.2. The molecule has 6 N–H and O–H groups in total. The van der Waals surface area contributed by atoms with E-state index >= 15 is 0 Å². The second-order valence-electron chi connectivity index (χ2n) is 17.2. The molecule has 0 fully saturated rings. The summed E-state index contributed by atoms with van der Waals surface area (Å²) in [7, 11) is -24.3. The van der Waals surface area contributed by atoms with E-state index in [0.29, 0.717) is 84.0 Å². The van der Waals surface area contributed by atoms with Gasteiger partial charge in [-0.3, -0.25) is 27.6 Å². The highest BCUT2D eigenvalue weighted by atomic mass is 32.2.